The molecule has 0 aliphatic carbocycles. The smallest absolute Gasteiger partial charge is 0.250 e. The molecule has 6 nitrogen and oxygen atoms in total. The summed E-state index contributed by atoms with van der Waals surface area (Å²) < 4.78 is 12.4. The van der Waals surface area contributed by atoms with Gasteiger partial charge in [-0.3, -0.25) is 9.48 Å². The minimum Gasteiger partial charge on any atom is -0.379 e. The lowest BCUT2D eigenvalue weighted by Crippen LogP contribution is -2.19. The lowest BCUT2D eigenvalue weighted by Gasteiger charge is -2.05. The molecule has 1 aromatic heterocycles. The van der Waals surface area contributed by atoms with E-state index in [9.17, 15) is 4.79 Å². The first-order valence-corrected chi connectivity index (χ1v) is 9.42. The van der Waals surface area contributed by atoms with Gasteiger partial charge < -0.3 is 14.8 Å². The standard InChI is InChI=1S/C18H25N3O3S/c1-2-3-9-23-10-11-24-14-18(22)20-16-12-19-21(13-16)15-25-17-7-5-4-6-8-17/h4-8,12-13H,2-3,9-11,14-15H2,1H3,(H,20,22). The number of hydrogen-bond donors (Lipinski definition) is 1. The third-order valence-electron chi connectivity index (χ3n) is 3.27. The zero-order chi connectivity index (χ0) is 17.7. The highest BCUT2D eigenvalue weighted by molar-refractivity contribution is 7.98. The van der Waals surface area contributed by atoms with Crippen molar-refractivity contribution in [2.75, 3.05) is 31.7 Å². The highest BCUT2D eigenvalue weighted by Gasteiger charge is 2.05. The second-order valence-electron chi connectivity index (χ2n) is 5.42. The van der Waals surface area contributed by atoms with Crippen LogP contribution in [0.5, 0.6) is 0 Å². The number of amides is 1. The van der Waals surface area contributed by atoms with Crippen LogP contribution in [0, 0.1) is 0 Å². The highest BCUT2D eigenvalue weighted by atomic mass is 32.2. The van der Waals surface area contributed by atoms with Gasteiger partial charge in [0.25, 0.3) is 0 Å². The Morgan fingerprint density at radius 3 is 2.80 bits per heavy atom. The van der Waals surface area contributed by atoms with Crippen molar-refractivity contribution in [3.05, 3.63) is 42.7 Å². The zero-order valence-electron chi connectivity index (χ0n) is 14.5. The molecular formula is C18H25N3O3S. The van der Waals surface area contributed by atoms with Crippen molar-refractivity contribution in [3.8, 4) is 0 Å². The van der Waals surface area contributed by atoms with Crippen molar-refractivity contribution in [2.45, 2.75) is 30.5 Å². The molecule has 25 heavy (non-hydrogen) atoms. The number of rotatable bonds is 12. The van der Waals surface area contributed by atoms with E-state index in [-0.39, 0.29) is 12.5 Å². The van der Waals surface area contributed by atoms with Crippen molar-refractivity contribution >= 4 is 23.4 Å². The lowest BCUT2D eigenvalue weighted by molar-refractivity contribution is -0.121. The summed E-state index contributed by atoms with van der Waals surface area (Å²) >= 11 is 1.68. The van der Waals surface area contributed by atoms with Crippen LogP contribution in [0.25, 0.3) is 0 Å². The average molecular weight is 363 g/mol. The largest absolute Gasteiger partial charge is 0.379 e. The number of hydrogen-bond acceptors (Lipinski definition) is 5. The average Bonchev–Trinajstić information content (AvgIpc) is 3.07. The number of anilines is 1. The summed E-state index contributed by atoms with van der Waals surface area (Å²) in [6.07, 6.45) is 5.60. The van der Waals surface area contributed by atoms with Crippen LogP contribution >= 0.6 is 11.8 Å². The van der Waals surface area contributed by atoms with Gasteiger partial charge in [-0.05, 0) is 18.6 Å². The molecule has 7 heteroatoms. The van der Waals surface area contributed by atoms with E-state index >= 15 is 0 Å². The van der Waals surface area contributed by atoms with E-state index in [0.717, 1.165) is 19.4 Å². The number of nitrogens with zero attached hydrogens (tertiary/aromatic N) is 2. The normalized spacial score (nSPS) is 10.8. The number of aromatic nitrogens is 2. The number of ether oxygens (including phenoxy) is 2. The van der Waals surface area contributed by atoms with Crippen LogP contribution in [-0.2, 0) is 20.1 Å². The van der Waals surface area contributed by atoms with Crippen molar-refractivity contribution in [1.82, 2.24) is 9.78 Å². The molecule has 0 unspecified atom stereocenters. The van der Waals surface area contributed by atoms with Crippen LogP contribution in [0.4, 0.5) is 5.69 Å². The van der Waals surface area contributed by atoms with E-state index in [1.807, 2.05) is 24.4 Å². The molecule has 0 spiro atoms. The maximum atomic E-state index is 11.8. The van der Waals surface area contributed by atoms with Crippen LogP contribution in [-0.4, -0.2) is 42.1 Å². The Labute approximate surface area is 152 Å². The van der Waals surface area contributed by atoms with Crippen LogP contribution < -0.4 is 5.32 Å². The minimum absolute atomic E-state index is 0.0150. The van der Waals surface area contributed by atoms with Gasteiger partial charge in [-0.15, -0.1) is 11.8 Å². The van der Waals surface area contributed by atoms with Gasteiger partial charge >= 0.3 is 0 Å². The topological polar surface area (TPSA) is 65.4 Å². The summed E-state index contributed by atoms with van der Waals surface area (Å²) in [6, 6.07) is 10.1. The summed E-state index contributed by atoms with van der Waals surface area (Å²) in [6.45, 7) is 3.81. The summed E-state index contributed by atoms with van der Waals surface area (Å²) in [4.78, 5) is 13.0. The lowest BCUT2D eigenvalue weighted by atomic mass is 10.4. The van der Waals surface area contributed by atoms with Gasteiger partial charge in [-0.1, -0.05) is 31.5 Å². The molecule has 1 heterocycles. The fourth-order valence-corrected chi connectivity index (χ4v) is 2.76. The third kappa shape index (κ3) is 8.20. The molecule has 0 aliphatic rings. The van der Waals surface area contributed by atoms with Crippen molar-refractivity contribution < 1.29 is 14.3 Å². The number of nitrogens with one attached hydrogen (secondary N) is 1. The number of carbonyl (C=O) groups is 1. The molecule has 0 radical (unpaired) electrons. The summed E-state index contributed by atoms with van der Waals surface area (Å²) in [5, 5.41) is 7.02. The Kier molecular flexibility index (Phi) is 9.11. The van der Waals surface area contributed by atoms with E-state index in [1.54, 1.807) is 22.6 Å². The molecule has 1 aromatic carbocycles. The van der Waals surface area contributed by atoms with Gasteiger partial charge in [0.1, 0.15) is 6.61 Å². The molecule has 0 fully saturated rings. The second-order valence-corrected chi connectivity index (χ2v) is 6.44. The SMILES string of the molecule is CCCCOCCOCC(=O)Nc1cnn(CSc2ccccc2)c1. The van der Waals surface area contributed by atoms with Gasteiger partial charge in [0.05, 0.1) is 31.0 Å². The number of unbranched alkanes of at least 4 members (excludes halogenated alkanes) is 1. The quantitative estimate of drug-likeness (QED) is 0.462. The maximum absolute atomic E-state index is 11.8. The number of benzene rings is 1. The minimum atomic E-state index is -0.191. The van der Waals surface area contributed by atoms with Crippen LogP contribution in [0.2, 0.25) is 0 Å². The van der Waals surface area contributed by atoms with Gasteiger partial charge in [0.2, 0.25) is 5.91 Å². The van der Waals surface area contributed by atoms with E-state index < -0.39 is 0 Å². The molecule has 0 saturated heterocycles. The molecule has 0 bridgehead atoms. The Balaban J connectivity index is 1.60. The van der Waals surface area contributed by atoms with Crippen LogP contribution in [0.3, 0.4) is 0 Å². The molecule has 2 aromatic rings. The molecular weight excluding hydrogens is 338 g/mol. The highest BCUT2D eigenvalue weighted by Crippen LogP contribution is 2.19. The first kappa shape index (κ1) is 19.5. The van der Waals surface area contributed by atoms with Gasteiger partial charge in [0, 0.05) is 17.7 Å². The maximum Gasteiger partial charge on any atom is 0.250 e. The monoisotopic (exact) mass is 363 g/mol. The molecule has 1 N–H and O–H groups in total. The third-order valence-corrected chi connectivity index (χ3v) is 4.27. The van der Waals surface area contributed by atoms with E-state index in [2.05, 4.69) is 29.5 Å². The van der Waals surface area contributed by atoms with Crippen molar-refractivity contribution in [1.29, 1.82) is 0 Å². The Bertz CT molecular complexity index is 619. The molecule has 136 valence electrons. The van der Waals surface area contributed by atoms with Gasteiger partial charge in [-0.25, -0.2) is 0 Å². The Hall–Kier alpha value is -1.83. The van der Waals surface area contributed by atoms with Crippen molar-refractivity contribution in [2.24, 2.45) is 0 Å². The fourth-order valence-electron chi connectivity index (χ4n) is 1.98. The van der Waals surface area contributed by atoms with Crippen LogP contribution in [0.15, 0.2) is 47.6 Å². The number of carbonyl (C=O) groups excluding carboxylic acids is 1. The van der Waals surface area contributed by atoms with E-state index in [0.29, 0.717) is 24.8 Å². The van der Waals surface area contributed by atoms with E-state index in [4.69, 9.17) is 9.47 Å². The zero-order valence-corrected chi connectivity index (χ0v) is 15.3. The molecule has 0 saturated carbocycles. The summed E-state index contributed by atoms with van der Waals surface area (Å²) in [5.41, 5.74) is 0.668. The van der Waals surface area contributed by atoms with Crippen LogP contribution in [0.1, 0.15) is 19.8 Å². The second kappa shape index (κ2) is 11.7. The van der Waals surface area contributed by atoms with E-state index in [1.165, 1.54) is 4.90 Å². The Morgan fingerprint density at radius 1 is 1.20 bits per heavy atom. The summed E-state index contributed by atoms with van der Waals surface area (Å²) in [5.74, 6) is 0.495. The van der Waals surface area contributed by atoms with Gasteiger partial charge in [-0.2, -0.15) is 5.10 Å². The Morgan fingerprint density at radius 2 is 2.00 bits per heavy atom. The van der Waals surface area contributed by atoms with Crippen molar-refractivity contribution in [3.63, 3.8) is 0 Å². The first-order chi connectivity index (χ1) is 12.3. The first-order valence-electron chi connectivity index (χ1n) is 8.43. The number of thioether (sulfide) groups is 1. The predicted molar refractivity (Wildman–Crippen MR) is 99.7 cm³/mol. The predicted octanol–water partition coefficient (Wildman–Crippen LogP) is 3.40. The molecule has 0 aliphatic heterocycles. The molecule has 0 atom stereocenters. The van der Waals surface area contributed by atoms with Gasteiger partial charge in [0.15, 0.2) is 0 Å². The molecule has 2 rings (SSSR count). The summed E-state index contributed by atoms with van der Waals surface area (Å²) in [7, 11) is 0. The fraction of sp³-hybridized carbons (Fsp3) is 0.444. The molecule has 1 amide bonds.